The minimum absolute atomic E-state index is 0.0625. The highest BCUT2D eigenvalue weighted by Crippen LogP contribution is 2.40. The number of amides is 1. The third-order valence-corrected chi connectivity index (χ3v) is 4.81. The highest BCUT2D eigenvalue weighted by Gasteiger charge is 2.40. The van der Waals surface area contributed by atoms with E-state index < -0.39 is 18.1 Å². The SMILES string of the molecule is CCCOC(=O)c1c(NC(=O)C(F)(F)F)sc2c1CCC(C)C2. The van der Waals surface area contributed by atoms with Gasteiger partial charge < -0.3 is 10.1 Å². The lowest BCUT2D eigenvalue weighted by atomic mass is 9.88. The zero-order chi connectivity index (χ0) is 17.2. The standard InChI is InChI=1S/C15H18F3NO3S/c1-3-6-22-13(20)11-9-5-4-8(2)7-10(9)23-12(11)19-14(21)15(16,17)18/h8H,3-7H2,1-2H3,(H,19,21). The van der Waals surface area contributed by atoms with Crippen molar-refractivity contribution in [2.24, 2.45) is 5.92 Å². The third kappa shape index (κ3) is 4.04. The Hall–Kier alpha value is -1.57. The van der Waals surface area contributed by atoms with Crippen LogP contribution >= 0.6 is 11.3 Å². The molecule has 0 radical (unpaired) electrons. The van der Waals surface area contributed by atoms with Gasteiger partial charge in [-0.25, -0.2) is 4.79 Å². The number of halogens is 3. The van der Waals surface area contributed by atoms with Crippen LogP contribution in [-0.4, -0.2) is 24.7 Å². The van der Waals surface area contributed by atoms with Crippen LogP contribution in [0.5, 0.6) is 0 Å². The number of alkyl halides is 3. The van der Waals surface area contributed by atoms with Gasteiger partial charge in [-0.3, -0.25) is 4.79 Å². The first-order chi connectivity index (χ1) is 10.7. The number of rotatable bonds is 4. The van der Waals surface area contributed by atoms with Gasteiger partial charge in [0, 0.05) is 4.88 Å². The third-order valence-electron chi connectivity index (χ3n) is 3.64. The molecule has 23 heavy (non-hydrogen) atoms. The number of hydrogen-bond acceptors (Lipinski definition) is 4. The fourth-order valence-electron chi connectivity index (χ4n) is 2.50. The van der Waals surface area contributed by atoms with E-state index in [2.05, 4.69) is 0 Å². The van der Waals surface area contributed by atoms with Crippen molar-refractivity contribution in [2.45, 2.75) is 45.7 Å². The lowest BCUT2D eigenvalue weighted by molar-refractivity contribution is -0.167. The van der Waals surface area contributed by atoms with Crippen molar-refractivity contribution < 1.29 is 27.5 Å². The minimum Gasteiger partial charge on any atom is -0.462 e. The summed E-state index contributed by atoms with van der Waals surface area (Å²) in [5.41, 5.74) is 0.801. The number of hydrogen-bond donors (Lipinski definition) is 1. The number of nitrogens with one attached hydrogen (secondary N) is 1. The topological polar surface area (TPSA) is 55.4 Å². The zero-order valence-electron chi connectivity index (χ0n) is 12.9. The Morgan fingerprint density at radius 1 is 1.39 bits per heavy atom. The summed E-state index contributed by atoms with van der Waals surface area (Å²) >= 11 is 1.04. The van der Waals surface area contributed by atoms with Crippen molar-refractivity contribution >= 4 is 28.2 Å². The van der Waals surface area contributed by atoms with E-state index in [4.69, 9.17) is 4.74 Å². The molecule has 0 spiro atoms. The molecule has 1 aromatic heterocycles. The Kier molecular flexibility index (Phi) is 5.33. The number of anilines is 1. The van der Waals surface area contributed by atoms with Crippen LogP contribution in [0.15, 0.2) is 0 Å². The molecule has 1 amide bonds. The maximum absolute atomic E-state index is 12.5. The molecule has 0 saturated carbocycles. The predicted octanol–water partition coefficient (Wildman–Crippen LogP) is 3.94. The molecule has 1 aliphatic carbocycles. The summed E-state index contributed by atoms with van der Waals surface area (Å²) in [5, 5.41) is 1.77. The van der Waals surface area contributed by atoms with E-state index in [9.17, 15) is 22.8 Å². The van der Waals surface area contributed by atoms with Crippen LogP contribution in [0.3, 0.4) is 0 Å². The summed E-state index contributed by atoms with van der Waals surface area (Å²) in [6, 6.07) is 0. The molecule has 0 saturated heterocycles. The van der Waals surface area contributed by atoms with Gasteiger partial charge in [-0.15, -0.1) is 11.3 Å². The Morgan fingerprint density at radius 2 is 2.09 bits per heavy atom. The first-order valence-electron chi connectivity index (χ1n) is 7.43. The Morgan fingerprint density at radius 3 is 2.70 bits per heavy atom. The van der Waals surface area contributed by atoms with E-state index in [1.54, 1.807) is 0 Å². The molecule has 128 valence electrons. The minimum atomic E-state index is -5.00. The normalized spacial score (nSPS) is 17.5. The van der Waals surface area contributed by atoms with E-state index in [0.29, 0.717) is 30.7 Å². The van der Waals surface area contributed by atoms with Gasteiger partial charge in [-0.2, -0.15) is 13.2 Å². The molecular weight excluding hydrogens is 331 g/mol. The molecule has 1 unspecified atom stereocenters. The molecule has 0 aliphatic heterocycles. The van der Waals surface area contributed by atoms with Gasteiger partial charge in [-0.1, -0.05) is 13.8 Å². The van der Waals surface area contributed by atoms with Gasteiger partial charge in [0.05, 0.1) is 12.2 Å². The van der Waals surface area contributed by atoms with Gasteiger partial charge in [0.2, 0.25) is 0 Å². The van der Waals surface area contributed by atoms with E-state index in [1.165, 1.54) is 0 Å². The van der Waals surface area contributed by atoms with Crippen LogP contribution in [0, 0.1) is 5.92 Å². The summed E-state index contributed by atoms with van der Waals surface area (Å²) in [4.78, 5) is 24.3. The molecule has 8 heteroatoms. The molecule has 0 aromatic carbocycles. The second-order valence-electron chi connectivity index (χ2n) is 5.64. The van der Waals surface area contributed by atoms with Crippen molar-refractivity contribution in [3.63, 3.8) is 0 Å². The summed E-state index contributed by atoms with van der Waals surface area (Å²) in [7, 11) is 0. The molecule has 0 bridgehead atoms. The highest BCUT2D eigenvalue weighted by atomic mass is 32.1. The van der Waals surface area contributed by atoms with Crippen molar-refractivity contribution in [3.8, 4) is 0 Å². The summed E-state index contributed by atoms with van der Waals surface area (Å²) in [5.74, 6) is -2.35. The number of thiophene rings is 1. The van der Waals surface area contributed by atoms with Crippen molar-refractivity contribution in [1.82, 2.24) is 0 Å². The largest absolute Gasteiger partial charge is 0.471 e. The van der Waals surface area contributed by atoms with E-state index in [-0.39, 0.29) is 17.2 Å². The number of carbonyl (C=O) groups is 2. The second-order valence-corrected chi connectivity index (χ2v) is 6.75. The molecule has 1 N–H and O–H groups in total. The maximum atomic E-state index is 12.5. The van der Waals surface area contributed by atoms with Crippen LogP contribution in [-0.2, 0) is 22.4 Å². The Balaban J connectivity index is 2.36. The van der Waals surface area contributed by atoms with Crippen LogP contribution in [0.4, 0.5) is 18.2 Å². The number of carbonyl (C=O) groups excluding carboxylic acids is 2. The zero-order valence-corrected chi connectivity index (χ0v) is 13.7. The molecule has 2 rings (SSSR count). The van der Waals surface area contributed by atoms with Crippen LogP contribution < -0.4 is 5.32 Å². The Labute approximate surface area is 136 Å². The molecule has 0 fully saturated rings. The fraction of sp³-hybridized carbons (Fsp3) is 0.600. The first-order valence-corrected chi connectivity index (χ1v) is 8.25. The molecule has 1 aromatic rings. The Bertz CT molecular complexity index is 610. The van der Waals surface area contributed by atoms with E-state index >= 15 is 0 Å². The number of ether oxygens (including phenoxy) is 1. The van der Waals surface area contributed by atoms with Crippen LogP contribution in [0.2, 0.25) is 0 Å². The van der Waals surface area contributed by atoms with Gasteiger partial charge in [0.1, 0.15) is 5.00 Å². The van der Waals surface area contributed by atoms with E-state index in [0.717, 1.165) is 22.6 Å². The average Bonchev–Trinajstić information content (AvgIpc) is 2.80. The van der Waals surface area contributed by atoms with Crippen molar-refractivity contribution in [2.75, 3.05) is 11.9 Å². The van der Waals surface area contributed by atoms with Gasteiger partial charge >= 0.3 is 18.1 Å². The molecule has 4 nitrogen and oxygen atoms in total. The second kappa shape index (κ2) is 6.90. The lowest BCUT2D eigenvalue weighted by Crippen LogP contribution is -2.30. The lowest BCUT2D eigenvalue weighted by Gasteiger charge is -2.18. The smallest absolute Gasteiger partial charge is 0.462 e. The molecular formula is C15H18F3NO3S. The number of fused-ring (bicyclic) bond motifs is 1. The number of esters is 1. The van der Waals surface area contributed by atoms with Crippen LogP contribution in [0.1, 0.15) is 47.5 Å². The predicted molar refractivity (Wildman–Crippen MR) is 80.8 cm³/mol. The molecule has 1 atom stereocenters. The maximum Gasteiger partial charge on any atom is 0.471 e. The van der Waals surface area contributed by atoms with Gasteiger partial charge in [0.25, 0.3) is 0 Å². The van der Waals surface area contributed by atoms with E-state index in [1.807, 2.05) is 19.2 Å². The monoisotopic (exact) mass is 349 g/mol. The van der Waals surface area contributed by atoms with Gasteiger partial charge in [-0.05, 0) is 37.2 Å². The van der Waals surface area contributed by atoms with Crippen molar-refractivity contribution in [1.29, 1.82) is 0 Å². The highest BCUT2D eigenvalue weighted by molar-refractivity contribution is 7.17. The van der Waals surface area contributed by atoms with Crippen LogP contribution in [0.25, 0.3) is 0 Å². The first kappa shape index (κ1) is 17.8. The molecule has 1 aliphatic rings. The van der Waals surface area contributed by atoms with Crippen molar-refractivity contribution in [3.05, 3.63) is 16.0 Å². The fourth-order valence-corrected chi connectivity index (χ4v) is 3.89. The average molecular weight is 349 g/mol. The summed E-state index contributed by atoms with van der Waals surface area (Å²) in [6.07, 6.45) is -2.24. The quantitative estimate of drug-likeness (QED) is 0.838. The summed E-state index contributed by atoms with van der Waals surface area (Å²) in [6.45, 7) is 4.06. The summed E-state index contributed by atoms with van der Waals surface area (Å²) < 4.78 is 42.5. The molecule has 1 heterocycles. The van der Waals surface area contributed by atoms with Gasteiger partial charge in [0.15, 0.2) is 0 Å².